The Morgan fingerprint density at radius 1 is 1.20 bits per heavy atom. The zero-order chi connectivity index (χ0) is 17.8. The van der Waals surface area contributed by atoms with E-state index < -0.39 is 0 Å². The summed E-state index contributed by atoms with van der Waals surface area (Å²) in [5, 5.41) is 16.9. The molecule has 1 aliphatic rings. The van der Waals surface area contributed by atoms with Gasteiger partial charge < -0.3 is 15.7 Å². The molecular weight excluding hydrogens is 336 g/mol. The molecule has 134 valence electrons. The van der Waals surface area contributed by atoms with Crippen LogP contribution in [0.25, 0.3) is 0 Å². The van der Waals surface area contributed by atoms with E-state index in [1.54, 1.807) is 0 Å². The number of aliphatic hydroxyl groups excluding tert-OH is 1. The second kappa shape index (κ2) is 8.02. The highest BCUT2D eigenvalue weighted by Crippen LogP contribution is 2.40. The van der Waals surface area contributed by atoms with Crippen LogP contribution in [0.5, 0.6) is 0 Å². The molecule has 0 aliphatic heterocycles. The van der Waals surface area contributed by atoms with Gasteiger partial charge in [-0.1, -0.05) is 37.6 Å². The summed E-state index contributed by atoms with van der Waals surface area (Å²) in [5.41, 5.74) is 2.21. The normalized spacial score (nSPS) is 15.2. The topological polar surface area (TPSA) is 70.1 Å². The SMILES string of the molecule is CC(C)[C@H](CO)Nc1nc(NCc2ccc(Cl)cc2)cc(C2CC2)n1. The van der Waals surface area contributed by atoms with Gasteiger partial charge in [0.15, 0.2) is 0 Å². The van der Waals surface area contributed by atoms with E-state index in [-0.39, 0.29) is 12.6 Å². The summed E-state index contributed by atoms with van der Waals surface area (Å²) in [4.78, 5) is 9.22. The summed E-state index contributed by atoms with van der Waals surface area (Å²) < 4.78 is 0. The molecule has 3 N–H and O–H groups in total. The standard InChI is InChI=1S/C19H25ClN4O/c1-12(2)17(11-25)23-19-22-16(14-5-6-14)9-18(24-19)21-10-13-3-7-15(20)8-4-13/h3-4,7-9,12,14,17,25H,5-6,10-11H2,1-2H3,(H2,21,22,23,24)/t17-/m0/s1. The van der Waals surface area contributed by atoms with Gasteiger partial charge in [0, 0.05) is 23.6 Å². The summed E-state index contributed by atoms with van der Waals surface area (Å²) in [7, 11) is 0. The number of hydrogen-bond acceptors (Lipinski definition) is 5. The number of nitrogens with zero attached hydrogens (tertiary/aromatic N) is 2. The van der Waals surface area contributed by atoms with Crippen molar-refractivity contribution in [2.45, 2.75) is 45.2 Å². The van der Waals surface area contributed by atoms with Crippen molar-refractivity contribution in [3.05, 3.63) is 46.6 Å². The fourth-order valence-electron chi connectivity index (χ4n) is 2.59. The molecular formula is C19H25ClN4O. The summed E-state index contributed by atoms with van der Waals surface area (Å²) >= 11 is 5.93. The minimum atomic E-state index is -0.0569. The molecule has 1 saturated carbocycles. The summed E-state index contributed by atoms with van der Waals surface area (Å²) in [5.74, 6) is 2.21. The molecule has 0 radical (unpaired) electrons. The molecule has 0 amide bonds. The first kappa shape index (κ1) is 18.0. The zero-order valence-electron chi connectivity index (χ0n) is 14.7. The van der Waals surface area contributed by atoms with Gasteiger partial charge in [0.25, 0.3) is 0 Å². The maximum atomic E-state index is 9.55. The van der Waals surface area contributed by atoms with Gasteiger partial charge in [0.05, 0.1) is 18.3 Å². The first-order chi connectivity index (χ1) is 12.0. The van der Waals surface area contributed by atoms with Gasteiger partial charge in [-0.15, -0.1) is 0 Å². The van der Waals surface area contributed by atoms with Crippen LogP contribution in [0.1, 0.15) is 43.9 Å². The molecule has 1 fully saturated rings. The van der Waals surface area contributed by atoms with Crippen LogP contribution < -0.4 is 10.6 Å². The van der Waals surface area contributed by atoms with E-state index in [4.69, 9.17) is 11.6 Å². The third kappa shape index (κ3) is 5.06. The van der Waals surface area contributed by atoms with Crippen molar-refractivity contribution in [1.29, 1.82) is 0 Å². The van der Waals surface area contributed by atoms with Crippen LogP contribution >= 0.6 is 11.6 Å². The first-order valence-electron chi connectivity index (χ1n) is 8.80. The van der Waals surface area contributed by atoms with Gasteiger partial charge in [-0.2, -0.15) is 4.98 Å². The van der Waals surface area contributed by atoms with Crippen molar-refractivity contribution in [3.8, 4) is 0 Å². The molecule has 1 atom stereocenters. The summed E-state index contributed by atoms with van der Waals surface area (Å²) in [6.45, 7) is 4.87. The van der Waals surface area contributed by atoms with Crippen molar-refractivity contribution in [1.82, 2.24) is 9.97 Å². The molecule has 1 heterocycles. The van der Waals surface area contributed by atoms with Crippen LogP contribution in [-0.4, -0.2) is 27.7 Å². The van der Waals surface area contributed by atoms with Crippen LogP contribution in [0.3, 0.4) is 0 Å². The van der Waals surface area contributed by atoms with Crippen molar-refractivity contribution in [3.63, 3.8) is 0 Å². The Morgan fingerprint density at radius 2 is 1.92 bits per heavy atom. The molecule has 6 heteroatoms. The van der Waals surface area contributed by atoms with Crippen LogP contribution in [0.4, 0.5) is 11.8 Å². The third-order valence-corrected chi connectivity index (χ3v) is 4.70. The first-order valence-corrected chi connectivity index (χ1v) is 9.17. The van der Waals surface area contributed by atoms with Gasteiger partial charge in [0.1, 0.15) is 5.82 Å². The Bertz CT molecular complexity index is 701. The Hall–Kier alpha value is -1.85. The molecule has 1 aromatic carbocycles. The fraction of sp³-hybridized carbons (Fsp3) is 0.474. The average molecular weight is 361 g/mol. The maximum absolute atomic E-state index is 9.55. The smallest absolute Gasteiger partial charge is 0.225 e. The van der Waals surface area contributed by atoms with Crippen molar-refractivity contribution < 1.29 is 5.11 Å². The Labute approximate surface area is 153 Å². The van der Waals surface area contributed by atoms with Gasteiger partial charge in [-0.05, 0) is 36.5 Å². The van der Waals surface area contributed by atoms with Crippen LogP contribution in [0.2, 0.25) is 5.02 Å². The van der Waals surface area contributed by atoms with E-state index in [2.05, 4.69) is 34.4 Å². The van der Waals surface area contributed by atoms with E-state index >= 15 is 0 Å². The number of rotatable bonds is 8. The average Bonchev–Trinajstić information content (AvgIpc) is 3.44. The lowest BCUT2D eigenvalue weighted by atomic mass is 10.1. The summed E-state index contributed by atoms with van der Waals surface area (Å²) in [6, 6.07) is 9.74. The predicted octanol–water partition coefficient (Wildman–Crippen LogP) is 4.05. The fourth-order valence-corrected chi connectivity index (χ4v) is 2.72. The highest BCUT2D eigenvalue weighted by atomic mass is 35.5. The van der Waals surface area contributed by atoms with Gasteiger partial charge in [-0.25, -0.2) is 4.98 Å². The van der Waals surface area contributed by atoms with Gasteiger partial charge >= 0.3 is 0 Å². The van der Waals surface area contributed by atoms with Crippen molar-refractivity contribution in [2.24, 2.45) is 5.92 Å². The van der Waals surface area contributed by atoms with E-state index in [1.165, 1.54) is 12.8 Å². The number of hydrogen-bond donors (Lipinski definition) is 3. The molecule has 0 bridgehead atoms. The lowest BCUT2D eigenvalue weighted by Crippen LogP contribution is -2.30. The molecule has 5 nitrogen and oxygen atoms in total. The largest absolute Gasteiger partial charge is 0.394 e. The van der Waals surface area contributed by atoms with E-state index in [0.717, 1.165) is 22.1 Å². The number of anilines is 2. The molecule has 0 unspecified atom stereocenters. The number of halogens is 1. The molecule has 1 aromatic heterocycles. The predicted molar refractivity (Wildman–Crippen MR) is 102 cm³/mol. The number of aromatic nitrogens is 2. The van der Waals surface area contributed by atoms with E-state index in [1.807, 2.05) is 30.3 Å². The molecule has 3 rings (SSSR count). The lowest BCUT2D eigenvalue weighted by molar-refractivity contribution is 0.248. The van der Waals surface area contributed by atoms with Crippen molar-refractivity contribution >= 4 is 23.4 Å². The zero-order valence-corrected chi connectivity index (χ0v) is 15.4. The minimum Gasteiger partial charge on any atom is -0.394 e. The van der Waals surface area contributed by atoms with Crippen LogP contribution in [0.15, 0.2) is 30.3 Å². The highest BCUT2D eigenvalue weighted by Gasteiger charge is 2.26. The number of benzene rings is 1. The highest BCUT2D eigenvalue weighted by molar-refractivity contribution is 6.30. The Balaban J connectivity index is 1.74. The number of nitrogens with one attached hydrogen (secondary N) is 2. The second-order valence-electron chi connectivity index (χ2n) is 6.93. The molecule has 0 saturated heterocycles. The third-order valence-electron chi connectivity index (χ3n) is 4.44. The monoisotopic (exact) mass is 360 g/mol. The second-order valence-corrected chi connectivity index (χ2v) is 7.37. The van der Waals surface area contributed by atoms with Gasteiger partial charge in [0.2, 0.25) is 5.95 Å². The lowest BCUT2D eigenvalue weighted by Gasteiger charge is -2.20. The van der Waals surface area contributed by atoms with Crippen LogP contribution in [-0.2, 0) is 6.54 Å². The molecule has 1 aliphatic carbocycles. The van der Waals surface area contributed by atoms with Crippen molar-refractivity contribution in [2.75, 3.05) is 17.2 Å². The van der Waals surface area contributed by atoms with E-state index in [9.17, 15) is 5.11 Å². The van der Waals surface area contributed by atoms with Gasteiger partial charge in [-0.3, -0.25) is 0 Å². The Morgan fingerprint density at radius 3 is 2.52 bits per heavy atom. The molecule has 2 aromatic rings. The minimum absolute atomic E-state index is 0.0569. The van der Waals surface area contributed by atoms with E-state index in [0.29, 0.717) is 24.3 Å². The summed E-state index contributed by atoms with van der Waals surface area (Å²) in [6.07, 6.45) is 2.36. The van der Waals surface area contributed by atoms with Crippen LogP contribution in [0, 0.1) is 5.92 Å². The molecule has 25 heavy (non-hydrogen) atoms. The molecule has 0 spiro atoms. The Kier molecular flexibility index (Phi) is 5.76. The maximum Gasteiger partial charge on any atom is 0.225 e. The number of aliphatic hydroxyl groups is 1. The quantitative estimate of drug-likeness (QED) is 0.662.